The summed E-state index contributed by atoms with van der Waals surface area (Å²) in [5.41, 5.74) is 1.40. The molecule has 0 radical (unpaired) electrons. The highest BCUT2D eigenvalue weighted by molar-refractivity contribution is 6.81. The molecule has 1 aliphatic rings. The quantitative estimate of drug-likeness (QED) is 0.421. The molecule has 0 aromatic rings. The summed E-state index contributed by atoms with van der Waals surface area (Å²) in [7, 11) is -1.05. The van der Waals surface area contributed by atoms with Gasteiger partial charge in [-0.2, -0.15) is 0 Å². The van der Waals surface area contributed by atoms with Crippen molar-refractivity contribution in [2.24, 2.45) is 0 Å². The van der Waals surface area contributed by atoms with Crippen LogP contribution in [0.3, 0.4) is 0 Å². The Kier molecular flexibility index (Phi) is 1.44. The van der Waals surface area contributed by atoms with Crippen molar-refractivity contribution in [1.82, 2.24) is 0 Å². The molecule has 1 saturated carbocycles. The highest BCUT2D eigenvalue weighted by Gasteiger charge is 2.53. The molecule has 0 bridgehead atoms. The summed E-state index contributed by atoms with van der Waals surface area (Å²) >= 11 is 0. The van der Waals surface area contributed by atoms with E-state index in [9.17, 15) is 0 Å². The Morgan fingerprint density at radius 1 is 1.50 bits per heavy atom. The highest BCUT2D eigenvalue weighted by Crippen LogP contribution is 2.65. The standard InChI is InChI=1S/C9H16Si/c1-6-9(7-8(9)2)10(3,4)5/h6H,1-2,7H2,3-5H3. The Hall–Kier alpha value is -0.303. The fourth-order valence-electron chi connectivity index (χ4n) is 1.61. The summed E-state index contributed by atoms with van der Waals surface area (Å²) < 4.78 is 0. The average Bonchev–Trinajstić information content (AvgIpc) is 2.40. The normalized spacial score (nSPS) is 32.1. The van der Waals surface area contributed by atoms with E-state index in [1.807, 2.05) is 0 Å². The van der Waals surface area contributed by atoms with Crippen molar-refractivity contribution in [2.75, 3.05) is 0 Å². The molecule has 0 aliphatic heterocycles. The van der Waals surface area contributed by atoms with Gasteiger partial charge in [0.05, 0.1) is 8.07 Å². The lowest BCUT2D eigenvalue weighted by Gasteiger charge is -2.24. The molecule has 0 saturated heterocycles. The molecule has 0 nitrogen and oxygen atoms in total. The predicted molar refractivity (Wildman–Crippen MR) is 50.0 cm³/mol. The molecule has 1 rings (SSSR count). The van der Waals surface area contributed by atoms with Crippen LogP contribution in [0, 0.1) is 0 Å². The minimum Gasteiger partial charge on any atom is -0.102 e. The monoisotopic (exact) mass is 152 g/mol. The van der Waals surface area contributed by atoms with Crippen LogP contribution < -0.4 is 0 Å². The lowest BCUT2D eigenvalue weighted by molar-refractivity contribution is 1.11. The smallest absolute Gasteiger partial charge is 0.0604 e. The van der Waals surface area contributed by atoms with E-state index in [0.29, 0.717) is 5.04 Å². The van der Waals surface area contributed by atoms with Gasteiger partial charge >= 0.3 is 0 Å². The summed E-state index contributed by atoms with van der Waals surface area (Å²) in [5.74, 6) is 0. The molecule has 10 heavy (non-hydrogen) atoms. The van der Waals surface area contributed by atoms with Crippen molar-refractivity contribution in [3.8, 4) is 0 Å². The summed E-state index contributed by atoms with van der Waals surface area (Å²) in [5, 5.41) is 0.396. The van der Waals surface area contributed by atoms with Crippen LogP contribution in [0.1, 0.15) is 6.42 Å². The lowest BCUT2D eigenvalue weighted by atomic mass is 10.4. The van der Waals surface area contributed by atoms with Crippen molar-refractivity contribution >= 4 is 8.07 Å². The Morgan fingerprint density at radius 3 is 1.90 bits per heavy atom. The maximum atomic E-state index is 4.02. The van der Waals surface area contributed by atoms with E-state index >= 15 is 0 Å². The van der Waals surface area contributed by atoms with Gasteiger partial charge < -0.3 is 0 Å². The number of rotatable bonds is 2. The van der Waals surface area contributed by atoms with E-state index in [4.69, 9.17) is 0 Å². The van der Waals surface area contributed by atoms with Crippen LogP contribution >= 0.6 is 0 Å². The van der Waals surface area contributed by atoms with Gasteiger partial charge in [0.2, 0.25) is 0 Å². The second-order valence-electron chi connectivity index (χ2n) is 4.21. The molecule has 0 amide bonds. The van der Waals surface area contributed by atoms with Crippen LogP contribution in [0.4, 0.5) is 0 Å². The van der Waals surface area contributed by atoms with Crippen LogP contribution in [0.2, 0.25) is 24.7 Å². The first-order valence-corrected chi connectivity index (χ1v) is 7.26. The Morgan fingerprint density at radius 2 is 1.90 bits per heavy atom. The van der Waals surface area contributed by atoms with E-state index in [1.165, 1.54) is 12.0 Å². The van der Waals surface area contributed by atoms with Crippen LogP contribution in [0.25, 0.3) is 0 Å². The zero-order valence-electron chi connectivity index (χ0n) is 7.20. The maximum Gasteiger partial charge on any atom is 0.0604 e. The van der Waals surface area contributed by atoms with Crippen molar-refractivity contribution in [3.05, 3.63) is 24.8 Å². The van der Waals surface area contributed by atoms with Crippen LogP contribution in [0.15, 0.2) is 24.8 Å². The van der Waals surface area contributed by atoms with Gasteiger partial charge in [-0.05, 0) is 6.42 Å². The Bertz CT molecular complexity index is 185. The van der Waals surface area contributed by atoms with Crippen molar-refractivity contribution < 1.29 is 0 Å². The van der Waals surface area contributed by atoms with Gasteiger partial charge in [-0.25, -0.2) is 0 Å². The fourth-order valence-corrected chi connectivity index (χ4v) is 4.03. The molecule has 0 spiro atoms. The third kappa shape index (κ3) is 0.806. The first-order chi connectivity index (χ1) is 4.44. The molecule has 1 heteroatoms. The van der Waals surface area contributed by atoms with Crippen LogP contribution in [-0.4, -0.2) is 8.07 Å². The molecular weight excluding hydrogens is 136 g/mol. The summed E-state index contributed by atoms with van der Waals surface area (Å²) in [6.45, 7) is 15.1. The van der Waals surface area contributed by atoms with E-state index < -0.39 is 8.07 Å². The Balaban J connectivity index is 2.89. The average molecular weight is 152 g/mol. The van der Waals surface area contributed by atoms with E-state index in [-0.39, 0.29) is 0 Å². The summed E-state index contributed by atoms with van der Waals surface area (Å²) in [4.78, 5) is 0. The Labute approximate surface area is 64.7 Å². The van der Waals surface area contributed by atoms with Crippen LogP contribution in [0.5, 0.6) is 0 Å². The zero-order valence-corrected chi connectivity index (χ0v) is 8.20. The van der Waals surface area contributed by atoms with Crippen LogP contribution in [-0.2, 0) is 0 Å². The third-order valence-electron chi connectivity index (χ3n) is 2.68. The molecule has 0 aromatic heterocycles. The van der Waals surface area contributed by atoms with Gasteiger partial charge in [0, 0.05) is 5.04 Å². The maximum absolute atomic E-state index is 4.02. The molecular formula is C9H16Si. The molecule has 1 atom stereocenters. The molecule has 0 N–H and O–H groups in total. The second-order valence-corrected chi connectivity index (χ2v) is 9.60. The van der Waals surface area contributed by atoms with E-state index in [1.54, 1.807) is 0 Å². The minimum atomic E-state index is -1.05. The van der Waals surface area contributed by atoms with Gasteiger partial charge in [-0.1, -0.05) is 37.9 Å². The molecule has 0 aromatic carbocycles. The van der Waals surface area contributed by atoms with Gasteiger partial charge in [-0.3, -0.25) is 0 Å². The van der Waals surface area contributed by atoms with E-state index in [2.05, 4.69) is 38.9 Å². The number of allylic oxidation sites excluding steroid dienone is 2. The zero-order chi connectivity index (χ0) is 7.99. The lowest BCUT2D eigenvalue weighted by Crippen LogP contribution is -2.28. The third-order valence-corrected chi connectivity index (χ3v) is 6.10. The van der Waals surface area contributed by atoms with Crippen molar-refractivity contribution in [3.63, 3.8) is 0 Å². The number of hydrogen-bond donors (Lipinski definition) is 0. The second kappa shape index (κ2) is 1.85. The molecule has 1 unspecified atom stereocenters. The van der Waals surface area contributed by atoms with Gasteiger partial charge in [0.15, 0.2) is 0 Å². The predicted octanol–water partition coefficient (Wildman–Crippen LogP) is 3.21. The SMILES string of the molecule is C=CC1([Si](C)(C)C)CC1=C. The summed E-state index contributed by atoms with van der Waals surface area (Å²) in [6, 6.07) is 0. The largest absolute Gasteiger partial charge is 0.102 e. The van der Waals surface area contributed by atoms with Gasteiger partial charge in [0.25, 0.3) is 0 Å². The fraction of sp³-hybridized carbons (Fsp3) is 0.556. The topological polar surface area (TPSA) is 0 Å². The van der Waals surface area contributed by atoms with Gasteiger partial charge in [-0.15, -0.1) is 6.58 Å². The number of hydrogen-bond acceptors (Lipinski definition) is 0. The molecule has 56 valence electrons. The van der Waals surface area contributed by atoms with Gasteiger partial charge in [0.1, 0.15) is 0 Å². The van der Waals surface area contributed by atoms with E-state index in [0.717, 1.165) is 0 Å². The highest BCUT2D eigenvalue weighted by atomic mass is 28.3. The minimum absolute atomic E-state index is 0.396. The molecule has 0 heterocycles. The molecule has 1 aliphatic carbocycles. The van der Waals surface area contributed by atoms with Crippen molar-refractivity contribution in [1.29, 1.82) is 0 Å². The first kappa shape index (κ1) is 7.80. The first-order valence-electron chi connectivity index (χ1n) is 3.76. The molecule has 1 fully saturated rings. The van der Waals surface area contributed by atoms with Crippen molar-refractivity contribution in [2.45, 2.75) is 31.1 Å². The summed E-state index contributed by atoms with van der Waals surface area (Å²) in [6.07, 6.45) is 3.31.